The van der Waals surface area contributed by atoms with Crippen LogP contribution in [-0.4, -0.2) is 36.6 Å². The lowest BCUT2D eigenvalue weighted by Crippen LogP contribution is -2.44. The molecule has 8 rings (SSSR count). The van der Waals surface area contributed by atoms with Crippen LogP contribution in [0.2, 0.25) is 10.0 Å². The third-order valence-corrected chi connectivity index (χ3v) is 10.9. The Morgan fingerprint density at radius 3 is 1.41 bits per heavy atom. The van der Waals surface area contributed by atoms with Crippen LogP contribution in [0, 0.1) is 20.2 Å². The number of aliphatic hydroxyl groups is 1. The lowest BCUT2D eigenvalue weighted by Gasteiger charge is -2.35. The Morgan fingerprint density at radius 2 is 0.929 bits per heavy atom. The lowest BCUT2D eigenvalue weighted by molar-refractivity contribution is -0.385. The van der Waals surface area contributed by atoms with Gasteiger partial charge in [0, 0.05) is 75.2 Å². The molecule has 6 aromatic rings. The monoisotopic (exact) mass is 806 g/mol. The Labute approximate surface area is 335 Å². The molecule has 0 fully saturated rings. The van der Waals surface area contributed by atoms with Crippen LogP contribution in [0.4, 0.5) is 11.4 Å². The van der Waals surface area contributed by atoms with E-state index in [0.29, 0.717) is 43.4 Å². The summed E-state index contributed by atoms with van der Waals surface area (Å²) in [5, 5.41) is 34.5. The summed E-state index contributed by atoms with van der Waals surface area (Å²) in [6.45, 7) is 0.294. The van der Waals surface area contributed by atoms with Gasteiger partial charge in [-0.15, -0.1) is 0 Å². The number of fused-ring (bicyclic) bond motifs is 2. The van der Waals surface area contributed by atoms with Gasteiger partial charge in [0.05, 0.1) is 9.85 Å². The number of non-ortho nitro benzene ring substituents is 2. The van der Waals surface area contributed by atoms with Gasteiger partial charge < -0.3 is 10.0 Å². The first-order valence-electron chi connectivity index (χ1n) is 17.1. The average molecular weight is 808 g/mol. The molecule has 280 valence electrons. The molecule has 2 unspecified atom stereocenters. The van der Waals surface area contributed by atoms with Crippen LogP contribution in [0.1, 0.15) is 54.1 Å². The summed E-state index contributed by atoms with van der Waals surface area (Å²) in [6, 6.07) is 39.9. The number of halogens is 3. The molecule has 0 spiro atoms. The molecule has 2 heterocycles. The van der Waals surface area contributed by atoms with Crippen molar-refractivity contribution in [3.8, 4) is 0 Å². The molecule has 2 amide bonds. The van der Waals surface area contributed by atoms with E-state index >= 15 is 0 Å². The van der Waals surface area contributed by atoms with Gasteiger partial charge in [-0.25, -0.2) is 0 Å². The van der Waals surface area contributed by atoms with E-state index in [1.165, 1.54) is 29.2 Å². The van der Waals surface area contributed by atoms with Crippen LogP contribution >= 0.6 is 34.8 Å². The average Bonchev–Trinajstić information content (AvgIpc) is 3.56. The fourth-order valence-electron chi connectivity index (χ4n) is 6.95. The van der Waals surface area contributed by atoms with Gasteiger partial charge in [-0.3, -0.25) is 34.7 Å². The number of alkyl halides is 1. The first-order valence-corrected chi connectivity index (χ1v) is 18.2. The van der Waals surface area contributed by atoms with Crippen LogP contribution < -0.4 is 0 Å². The zero-order chi connectivity index (χ0) is 39.8. The fourth-order valence-corrected chi connectivity index (χ4v) is 7.63. The van der Waals surface area contributed by atoms with Gasteiger partial charge in [0.25, 0.3) is 23.2 Å². The minimum Gasteiger partial charge on any atom is -0.363 e. The Hall–Kier alpha value is -6.11. The molecule has 0 radical (unpaired) electrons. The largest absolute Gasteiger partial charge is 0.363 e. The predicted octanol–water partition coefficient (Wildman–Crippen LogP) is 9.44. The number of nitrogens with zero attached hydrogens (tertiary/aromatic N) is 4. The standard InChI is InChI=1S/C21H14Cl2N2O3.C21H15ClN2O4/c22-16-9-7-15(8-10-16)21(23)19-4-2-1-3-18(19)20(26)24(21)13-14-5-11-17(12-6-14)25(27)28;22-16-9-7-15(8-10-16)21(26)19-4-2-1-3-18(19)20(25)23(21)13-14-5-11-17(12-6-14)24(27)28/h1-12H,13H2;1-12,26H,13H2. The quantitative estimate of drug-likeness (QED) is 0.0698. The molecule has 2 atom stereocenters. The van der Waals surface area contributed by atoms with E-state index in [4.69, 9.17) is 34.8 Å². The molecule has 6 aromatic carbocycles. The summed E-state index contributed by atoms with van der Waals surface area (Å²) < 4.78 is 0. The van der Waals surface area contributed by atoms with Crippen molar-refractivity contribution in [1.82, 2.24) is 9.80 Å². The minimum atomic E-state index is -1.67. The lowest BCUT2D eigenvalue weighted by atomic mass is 9.93. The molecule has 0 saturated heterocycles. The van der Waals surface area contributed by atoms with Gasteiger partial charge in [0.2, 0.25) is 0 Å². The highest BCUT2D eigenvalue weighted by atomic mass is 35.5. The third-order valence-electron chi connectivity index (χ3n) is 9.75. The van der Waals surface area contributed by atoms with Crippen LogP contribution in [0.15, 0.2) is 146 Å². The summed E-state index contributed by atoms with van der Waals surface area (Å²) in [5.41, 5.74) is 3.08. The second kappa shape index (κ2) is 15.2. The van der Waals surface area contributed by atoms with Crippen molar-refractivity contribution in [1.29, 1.82) is 0 Å². The Balaban J connectivity index is 0.000000172. The van der Waals surface area contributed by atoms with Gasteiger partial charge in [0.1, 0.15) is 0 Å². The first kappa shape index (κ1) is 38.2. The minimum absolute atomic E-state index is 0.00498. The molecule has 0 saturated carbocycles. The summed E-state index contributed by atoms with van der Waals surface area (Å²) in [6.07, 6.45) is 0. The van der Waals surface area contributed by atoms with Gasteiger partial charge >= 0.3 is 0 Å². The number of nitro groups is 2. The number of carbonyl (C=O) groups excluding carboxylic acids is 2. The summed E-state index contributed by atoms with van der Waals surface area (Å²) in [4.78, 5) is 48.8. The molecule has 0 aliphatic carbocycles. The number of hydrogen-bond donors (Lipinski definition) is 1. The SMILES string of the molecule is O=C1c2ccccc2C(Cl)(c2ccc(Cl)cc2)N1Cc1ccc([N+](=O)[O-])cc1.O=C1c2ccccc2C(O)(c2ccc(Cl)cc2)N1Cc1ccc([N+](=O)[O-])cc1. The Bertz CT molecular complexity index is 2310. The van der Waals surface area contributed by atoms with Crippen LogP contribution in [0.3, 0.4) is 0 Å². The van der Waals surface area contributed by atoms with Crippen molar-refractivity contribution in [3.05, 3.63) is 220 Å². The molecule has 56 heavy (non-hydrogen) atoms. The number of nitro benzene ring substituents is 2. The van der Waals surface area contributed by atoms with E-state index in [1.807, 2.05) is 12.1 Å². The smallest absolute Gasteiger partial charge is 0.269 e. The molecular formula is C42H29Cl3N4O7. The van der Waals surface area contributed by atoms with Crippen molar-refractivity contribution in [3.63, 3.8) is 0 Å². The van der Waals surface area contributed by atoms with E-state index in [0.717, 1.165) is 11.1 Å². The number of rotatable bonds is 8. The second-order valence-corrected chi connectivity index (χ2v) is 14.4. The summed E-state index contributed by atoms with van der Waals surface area (Å²) in [5.74, 6) is -0.509. The summed E-state index contributed by atoms with van der Waals surface area (Å²) >= 11 is 19.1. The Kier molecular flexibility index (Phi) is 10.4. The van der Waals surface area contributed by atoms with E-state index < -0.39 is 20.6 Å². The third kappa shape index (κ3) is 6.86. The van der Waals surface area contributed by atoms with Crippen molar-refractivity contribution < 1.29 is 24.5 Å². The van der Waals surface area contributed by atoms with Gasteiger partial charge in [-0.1, -0.05) is 120 Å². The van der Waals surface area contributed by atoms with Gasteiger partial charge in [0.15, 0.2) is 10.7 Å². The highest BCUT2D eigenvalue weighted by molar-refractivity contribution is 6.31. The second-order valence-electron chi connectivity index (χ2n) is 13.0. The summed E-state index contributed by atoms with van der Waals surface area (Å²) in [7, 11) is 0. The van der Waals surface area contributed by atoms with E-state index in [-0.39, 0.29) is 36.3 Å². The van der Waals surface area contributed by atoms with Crippen molar-refractivity contribution in [2.45, 2.75) is 23.8 Å². The van der Waals surface area contributed by atoms with Crippen LogP contribution in [0.25, 0.3) is 0 Å². The van der Waals surface area contributed by atoms with Crippen molar-refractivity contribution >= 4 is 58.0 Å². The van der Waals surface area contributed by atoms with Gasteiger partial charge in [-0.2, -0.15) is 0 Å². The number of hydrogen-bond acceptors (Lipinski definition) is 7. The van der Waals surface area contributed by atoms with E-state index in [1.54, 1.807) is 114 Å². The van der Waals surface area contributed by atoms with E-state index in [2.05, 4.69) is 0 Å². The zero-order valence-corrected chi connectivity index (χ0v) is 31.4. The zero-order valence-electron chi connectivity index (χ0n) is 29.1. The van der Waals surface area contributed by atoms with Crippen LogP contribution in [0.5, 0.6) is 0 Å². The molecule has 1 N–H and O–H groups in total. The molecule has 0 aromatic heterocycles. The van der Waals surface area contributed by atoms with Crippen LogP contribution in [-0.2, 0) is 23.8 Å². The molecule has 0 bridgehead atoms. The van der Waals surface area contributed by atoms with Crippen molar-refractivity contribution in [2.75, 3.05) is 0 Å². The number of benzene rings is 6. The molecule has 2 aliphatic heterocycles. The molecule has 11 nitrogen and oxygen atoms in total. The van der Waals surface area contributed by atoms with Gasteiger partial charge in [-0.05, 0) is 53.1 Å². The highest BCUT2D eigenvalue weighted by Gasteiger charge is 2.50. The molecule has 2 aliphatic rings. The number of amides is 2. The predicted molar refractivity (Wildman–Crippen MR) is 211 cm³/mol. The van der Waals surface area contributed by atoms with E-state index in [9.17, 15) is 34.9 Å². The maximum absolute atomic E-state index is 13.1. The normalized spacial score (nSPS) is 18.2. The fraction of sp³-hybridized carbons (Fsp3) is 0.0952. The van der Waals surface area contributed by atoms with Crippen molar-refractivity contribution in [2.24, 2.45) is 0 Å². The number of carbonyl (C=O) groups is 2. The Morgan fingerprint density at radius 1 is 0.536 bits per heavy atom. The molecule has 14 heteroatoms. The maximum atomic E-state index is 13.1. The maximum Gasteiger partial charge on any atom is 0.269 e. The highest BCUT2D eigenvalue weighted by Crippen LogP contribution is 2.48. The first-order chi connectivity index (χ1) is 26.8. The topological polar surface area (TPSA) is 147 Å². The molecular weight excluding hydrogens is 779 g/mol.